The van der Waals surface area contributed by atoms with E-state index in [-0.39, 0.29) is 18.0 Å². The van der Waals surface area contributed by atoms with E-state index < -0.39 is 5.97 Å². The van der Waals surface area contributed by atoms with E-state index in [0.29, 0.717) is 19.5 Å². The van der Waals surface area contributed by atoms with Gasteiger partial charge in [-0.05, 0) is 29.7 Å². The van der Waals surface area contributed by atoms with Crippen LogP contribution in [0.15, 0.2) is 18.2 Å². The Balaban J connectivity index is 1.95. The first-order valence-electron chi connectivity index (χ1n) is 6.81. The predicted octanol–water partition coefficient (Wildman–Crippen LogP) is 0.773. The lowest BCUT2D eigenvalue weighted by atomic mass is 9.97. The largest absolute Gasteiger partial charge is 0.478 e. The van der Waals surface area contributed by atoms with Crippen LogP contribution in [0.3, 0.4) is 0 Å². The number of amides is 1. The molecule has 1 aliphatic heterocycles. The van der Waals surface area contributed by atoms with E-state index >= 15 is 0 Å². The fraction of sp³-hybridized carbons (Fsp3) is 0.400. The number of carbonyl (C=O) groups excluding carboxylic acids is 1. The van der Waals surface area contributed by atoms with E-state index in [9.17, 15) is 9.59 Å². The number of aromatic carboxylic acids is 1. The summed E-state index contributed by atoms with van der Waals surface area (Å²) in [6.45, 7) is 1.97. The average molecular weight is 287 g/mol. The SMILES string of the molecule is N#CCCNC(=O)CN1CCc2ccc(C(=O)O)cc2C1. The van der Waals surface area contributed by atoms with Gasteiger partial charge in [-0.2, -0.15) is 5.26 Å². The highest BCUT2D eigenvalue weighted by Gasteiger charge is 2.19. The highest BCUT2D eigenvalue weighted by Crippen LogP contribution is 2.20. The third-order valence-corrected chi connectivity index (χ3v) is 3.47. The Bertz CT molecular complexity index is 592. The molecule has 0 unspecified atom stereocenters. The van der Waals surface area contributed by atoms with Crippen molar-refractivity contribution in [2.75, 3.05) is 19.6 Å². The second kappa shape index (κ2) is 6.86. The van der Waals surface area contributed by atoms with E-state index in [2.05, 4.69) is 5.32 Å². The van der Waals surface area contributed by atoms with Gasteiger partial charge in [0.2, 0.25) is 5.91 Å². The average Bonchev–Trinajstić information content (AvgIpc) is 2.46. The number of carboxylic acid groups (broad SMARTS) is 1. The summed E-state index contributed by atoms with van der Waals surface area (Å²) in [5, 5.41) is 20.1. The van der Waals surface area contributed by atoms with Gasteiger partial charge in [0.1, 0.15) is 0 Å². The summed E-state index contributed by atoms with van der Waals surface area (Å²) in [4.78, 5) is 24.7. The number of hydrogen-bond donors (Lipinski definition) is 2. The molecule has 6 heteroatoms. The third-order valence-electron chi connectivity index (χ3n) is 3.47. The van der Waals surface area contributed by atoms with Gasteiger partial charge in [0, 0.05) is 19.6 Å². The van der Waals surface area contributed by atoms with Gasteiger partial charge in [0.15, 0.2) is 0 Å². The van der Waals surface area contributed by atoms with Gasteiger partial charge in [-0.25, -0.2) is 4.79 Å². The Morgan fingerprint density at radius 1 is 1.38 bits per heavy atom. The lowest BCUT2D eigenvalue weighted by molar-refractivity contribution is -0.122. The topological polar surface area (TPSA) is 93.4 Å². The summed E-state index contributed by atoms with van der Waals surface area (Å²) in [7, 11) is 0. The zero-order chi connectivity index (χ0) is 15.2. The van der Waals surface area contributed by atoms with Crippen molar-refractivity contribution in [1.82, 2.24) is 10.2 Å². The van der Waals surface area contributed by atoms with Crippen LogP contribution in [0.25, 0.3) is 0 Å². The van der Waals surface area contributed by atoms with Crippen molar-refractivity contribution in [3.63, 3.8) is 0 Å². The molecule has 6 nitrogen and oxygen atoms in total. The smallest absolute Gasteiger partial charge is 0.335 e. The molecule has 1 aromatic rings. The fourth-order valence-electron chi connectivity index (χ4n) is 2.40. The molecule has 2 N–H and O–H groups in total. The molecule has 0 saturated carbocycles. The first kappa shape index (κ1) is 15.0. The van der Waals surface area contributed by atoms with E-state index in [1.165, 1.54) is 0 Å². The van der Waals surface area contributed by atoms with Crippen LogP contribution in [-0.4, -0.2) is 41.5 Å². The molecular formula is C15H17N3O3. The molecule has 1 aliphatic rings. The maximum Gasteiger partial charge on any atom is 0.335 e. The Labute approximate surface area is 123 Å². The molecule has 0 aromatic heterocycles. The van der Waals surface area contributed by atoms with Gasteiger partial charge in [0.05, 0.1) is 24.6 Å². The summed E-state index contributed by atoms with van der Waals surface area (Å²) in [5.74, 6) is -1.05. The van der Waals surface area contributed by atoms with Crippen LogP contribution in [-0.2, 0) is 17.8 Å². The Hall–Kier alpha value is -2.39. The molecular weight excluding hydrogens is 270 g/mol. The Kier molecular flexibility index (Phi) is 4.90. The quantitative estimate of drug-likeness (QED) is 0.780. The second-order valence-corrected chi connectivity index (χ2v) is 5.01. The Morgan fingerprint density at radius 2 is 2.19 bits per heavy atom. The number of nitrogens with zero attached hydrogens (tertiary/aromatic N) is 2. The van der Waals surface area contributed by atoms with Crippen molar-refractivity contribution in [2.45, 2.75) is 19.4 Å². The summed E-state index contributed by atoms with van der Waals surface area (Å²) in [6, 6.07) is 7.12. The lowest BCUT2D eigenvalue weighted by Crippen LogP contribution is -2.40. The van der Waals surface area contributed by atoms with Crippen molar-refractivity contribution in [3.8, 4) is 6.07 Å². The summed E-state index contributed by atoms with van der Waals surface area (Å²) in [6.07, 6.45) is 1.11. The predicted molar refractivity (Wildman–Crippen MR) is 75.6 cm³/mol. The van der Waals surface area contributed by atoms with Gasteiger partial charge in [-0.3, -0.25) is 9.69 Å². The molecule has 0 bridgehead atoms. The maximum absolute atomic E-state index is 11.7. The Morgan fingerprint density at radius 3 is 2.90 bits per heavy atom. The van der Waals surface area contributed by atoms with Crippen LogP contribution in [0, 0.1) is 11.3 Å². The van der Waals surface area contributed by atoms with E-state index in [1.807, 2.05) is 17.0 Å². The monoisotopic (exact) mass is 287 g/mol. The van der Waals surface area contributed by atoms with Crippen LogP contribution < -0.4 is 5.32 Å². The molecule has 0 spiro atoms. The number of carboxylic acids is 1. The summed E-state index contributed by atoms with van der Waals surface area (Å²) >= 11 is 0. The van der Waals surface area contributed by atoms with Crippen molar-refractivity contribution in [2.24, 2.45) is 0 Å². The highest BCUT2D eigenvalue weighted by molar-refractivity contribution is 5.88. The highest BCUT2D eigenvalue weighted by atomic mass is 16.4. The normalized spacial score (nSPS) is 14.0. The number of benzene rings is 1. The van der Waals surface area contributed by atoms with E-state index in [4.69, 9.17) is 10.4 Å². The molecule has 21 heavy (non-hydrogen) atoms. The van der Waals surface area contributed by atoms with Crippen LogP contribution in [0.2, 0.25) is 0 Å². The van der Waals surface area contributed by atoms with Crippen LogP contribution in [0.1, 0.15) is 27.9 Å². The van der Waals surface area contributed by atoms with E-state index in [1.54, 1.807) is 12.1 Å². The molecule has 1 amide bonds. The molecule has 1 aromatic carbocycles. The minimum absolute atomic E-state index is 0.108. The van der Waals surface area contributed by atoms with Crippen molar-refractivity contribution >= 4 is 11.9 Å². The second-order valence-electron chi connectivity index (χ2n) is 5.01. The first-order valence-corrected chi connectivity index (χ1v) is 6.81. The summed E-state index contributed by atoms with van der Waals surface area (Å²) in [5.41, 5.74) is 2.38. The molecule has 2 rings (SSSR count). The van der Waals surface area contributed by atoms with Gasteiger partial charge in [0.25, 0.3) is 0 Å². The first-order chi connectivity index (χ1) is 10.1. The molecule has 0 saturated heterocycles. The van der Waals surface area contributed by atoms with Gasteiger partial charge >= 0.3 is 5.97 Å². The van der Waals surface area contributed by atoms with Crippen LogP contribution in [0.5, 0.6) is 0 Å². The number of fused-ring (bicyclic) bond motifs is 1. The van der Waals surface area contributed by atoms with Gasteiger partial charge in [-0.1, -0.05) is 6.07 Å². The molecule has 110 valence electrons. The standard InChI is InChI=1S/C15H17N3O3/c16-5-1-6-17-14(19)10-18-7-4-11-2-3-12(15(20)21)8-13(11)9-18/h2-3,8H,1,4,6-7,9-10H2,(H,17,19)(H,20,21). The third kappa shape index (κ3) is 4.04. The number of hydrogen-bond acceptors (Lipinski definition) is 4. The fourth-order valence-corrected chi connectivity index (χ4v) is 2.40. The zero-order valence-corrected chi connectivity index (χ0v) is 11.6. The van der Waals surface area contributed by atoms with Crippen LogP contribution >= 0.6 is 0 Å². The van der Waals surface area contributed by atoms with Crippen LogP contribution in [0.4, 0.5) is 0 Å². The summed E-state index contributed by atoms with van der Waals surface area (Å²) < 4.78 is 0. The van der Waals surface area contributed by atoms with Crippen molar-refractivity contribution in [1.29, 1.82) is 5.26 Å². The minimum atomic E-state index is -0.941. The molecule has 0 fully saturated rings. The molecule has 0 radical (unpaired) electrons. The molecule has 1 heterocycles. The molecule has 0 aliphatic carbocycles. The van der Waals surface area contributed by atoms with Gasteiger partial charge < -0.3 is 10.4 Å². The van der Waals surface area contributed by atoms with Gasteiger partial charge in [-0.15, -0.1) is 0 Å². The number of carbonyl (C=O) groups is 2. The maximum atomic E-state index is 11.7. The number of nitrogens with one attached hydrogen (secondary N) is 1. The molecule has 0 atom stereocenters. The zero-order valence-electron chi connectivity index (χ0n) is 11.6. The lowest BCUT2D eigenvalue weighted by Gasteiger charge is -2.28. The van der Waals surface area contributed by atoms with Crippen molar-refractivity contribution in [3.05, 3.63) is 34.9 Å². The number of nitriles is 1. The minimum Gasteiger partial charge on any atom is -0.478 e. The van der Waals surface area contributed by atoms with E-state index in [0.717, 1.165) is 24.1 Å². The van der Waals surface area contributed by atoms with Crippen molar-refractivity contribution < 1.29 is 14.7 Å². The number of rotatable bonds is 5.